The predicted molar refractivity (Wildman–Crippen MR) is 126 cm³/mol. The van der Waals surface area contributed by atoms with Gasteiger partial charge in [-0.25, -0.2) is 0 Å². The van der Waals surface area contributed by atoms with Gasteiger partial charge in [-0.2, -0.15) is 13.2 Å². The van der Waals surface area contributed by atoms with E-state index in [1.165, 1.54) is 4.40 Å². The van der Waals surface area contributed by atoms with Crippen molar-refractivity contribution in [2.45, 2.75) is 30.4 Å². The van der Waals surface area contributed by atoms with E-state index in [1.54, 1.807) is 6.07 Å². The van der Waals surface area contributed by atoms with Crippen molar-refractivity contribution in [2.24, 2.45) is 7.05 Å². The summed E-state index contributed by atoms with van der Waals surface area (Å²) in [4.78, 5) is 3.89. The topological polar surface area (TPSA) is 29.9 Å². The molecule has 32 heavy (non-hydrogen) atoms. The molecule has 0 unspecified atom stereocenters. The molecule has 0 aliphatic rings. The molecule has 0 aliphatic carbocycles. The molecule has 5 rings (SSSR count). The average Bonchev–Trinajstić information content (AvgIpc) is 3.28. The Morgan fingerprint density at radius 1 is 0.969 bits per heavy atom. The quantitative estimate of drug-likeness (QED) is 0.197. The first-order chi connectivity index (χ1) is 14.9. The van der Waals surface area contributed by atoms with Crippen LogP contribution in [0.4, 0.5) is 13.2 Å². The van der Waals surface area contributed by atoms with Gasteiger partial charge in [-0.1, -0.05) is 0 Å². The van der Waals surface area contributed by atoms with Crippen LogP contribution in [0.3, 0.4) is 0 Å². The van der Waals surface area contributed by atoms with Crippen molar-refractivity contribution in [2.75, 3.05) is 0 Å². The third kappa shape index (κ3) is 3.33. The van der Waals surface area contributed by atoms with Crippen LogP contribution in [-0.4, -0.2) is 18.3 Å². The fraction of sp³-hybridized carbons (Fsp3) is 0.250. The number of benzene rings is 2. The molecule has 8 heteroatoms. The van der Waals surface area contributed by atoms with Gasteiger partial charge in [-0.15, -0.1) is 0 Å². The zero-order valence-electron chi connectivity index (χ0n) is 18.4. The standard InChI is InChI=1S/C24H22F3GeN2OS/c1-13-6-8-15-16-9-11-18-20(29-23(32-18)24(25,26)27)22(16)31-21(15)19(13)17-10-7-14(12-30(17)5)28(2,3)4/h6-12H,1-5H3/q+1. The summed E-state index contributed by atoms with van der Waals surface area (Å²) in [6.45, 7) is 2.03. The molecule has 5 aromatic rings. The van der Waals surface area contributed by atoms with Crippen molar-refractivity contribution in [1.82, 2.24) is 4.98 Å². The van der Waals surface area contributed by atoms with Gasteiger partial charge in [-0.3, -0.25) is 0 Å². The molecule has 0 bridgehead atoms. The molecule has 2 aromatic carbocycles. The molecule has 0 saturated heterocycles. The first-order valence-corrected chi connectivity index (χ1v) is 18.4. The van der Waals surface area contributed by atoms with E-state index in [0.29, 0.717) is 27.2 Å². The minimum absolute atomic E-state index is 0.264. The van der Waals surface area contributed by atoms with E-state index in [9.17, 15) is 13.2 Å². The maximum atomic E-state index is 13.2. The van der Waals surface area contributed by atoms with E-state index in [1.807, 2.05) is 32.2 Å². The van der Waals surface area contributed by atoms with E-state index in [2.05, 4.69) is 45.1 Å². The second-order valence-corrected chi connectivity index (χ2v) is 20.9. The third-order valence-corrected chi connectivity index (χ3v) is 11.2. The maximum absolute atomic E-state index is 13.2. The van der Waals surface area contributed by atoms with Crippen LogP contribution in [0, 0.1) is 6.92 Å². The molecule has 3 nitrogen and oxygen atoms in total. The van der Waals surface area contributed by atoms with Crippen molar-refractivity contribution in [1.29, 1.82) is 0 Å². The number of halogens is 3. The number of aryl methyl sites for hydroxylation is 2. The number of alkyl halides is 3. The van der Waals surface area contributed by atoms with Crippen molar-refractivity contribution in [3.05, 3.63) is 53.2 Å². The Bertz CT molecular complexity index is 1530. The summed E-state index contributed by atoms with van der Waals surface area (Å²) >= 11 is -1.35. The second-order valence-electron chi connectivity index (χ2n) is 9.21. The SMILES string of the molecule is Cc1ccc2c(oc3c2ccc2sc(C(F)(F)F)nc23)c1-c1cc[c]([Ge]([CH3])([CH3])[CH3])c[n+]1C. The summed E-state index contributed by atoms with van der Waals surface area (Å²) < 4.78 is 50.0. The van der Waals surface area contributed by atoms with Gasteiger partial charge in [0.05, 0.1) is 0 Å². The molecule has 0 amide bonds. The number of fused-ring (bicyclic) bond motifs is 5. The number of rotatable bonds is 2. The number of hydrogen-bond donors (Lipinski definition) is 0. The Morgan fingerprint density at radius 3 is 2.31 bits per heavy atom. The summed E-state index contributed by atoms with van der Waals surface area (Å²) in [5, 5.41) is 0.796. The molecular weight excluding hydrogens is 494 g/mol. The molecule has 0 radical (unpaired) electrons. The van der Waals surface area contributed by atoms with Crippen LogP contribution in [-0.2, 0) is 13.2 Å². The first kappa shape index (κ1) is 21.5. The summed E-state index contributed by atoms with van der Waals surface area (Å²) in [5.41, 5.74) is 4.35. The fourth-order valence-corrected chi connectivity index (χ4v) is 7.41. The van der Waals surface area contributed by atoms with Crippen LogP contribution >= 0.6 is 11.3 Å². The fourth-order valence-electron chi connectivity index (χ4n) is 4.14. The Hall–Kier alpha value is -2.39. The van der Waals surface area contributed by atoms with E-state index in [-0.39, 0.29) is 5.52 Å². The molecule has 3 heterocycles. The zero-order valence-corrected chi connectivity index (χ0v) is 21.3. The van der Waals surface area contributed by atoms with Crippen LogP contribution in [0.1, 0.15) is 10.6 Å². The van der Waals surface area contributed by atoms with E-state index < -0.39 is 24.4 Å². The number of aromatic nitrogens is 2. The monoisotopic (exact) mass is 517 g/mol. The van der Waals surface area contributed by atoms with Crippen molar-refractivity contribution < 1.29 is 22.2 Å². The third-order valence-electron chi connectivity index (χ3n) is 5.87. The van der Waals surface area contributed by atoms with Crippen molar-refractivity contribution in [3.8, 4) is 11.3 Å². The predicted octanol–water partition coefficient (Wildman–Crippen LogP) is 6.56. The molecule has 3 aromatic heterocycles. The van der Waals surface area contributed by atoms with Crippen LogP contribution in [0.2, 0.25) is 17.3 Å². The summed E-state index contributed by atoms with van der Waals surface area (Å²) in [5.74, 6) is 7.07. The van der Waals surface area contributed by atoms with Gasteiger partial charge in [0.25, 0.3) is 0 Å². The molecule has 0 saturated carbocycles. The number of nitrogens with zero attached hydrogens (tertiary/aromatic N) is 2. The normalized spacial score (nSPS) is 13.0. The molecule has 0 spiro atoms. The van der Waals surface area contributed by atoms with Gasteiger partial charge in [0, 0.05) is 0 Å². The Labute approximate surface area is 189 Å². The summed E-state index contributed by atoms with van der Waals surface area (Å²) in [6.07, 6.45) is -2.28. The molecule has 0 atom stereocenters. The Kier molecular flexibility index (Phi) is 4.73. The molecular formula is C24H22F3GeN2OS+. The molecule has 164 valence electrons. The van der Waals surface area contributed by atoms with Crippen LogP contribution < -0.4 is 8.96 Å². The Morgan fingerprint density at radius 2 is 1.66 bits per heavy atom. The van der Waals surface area contributed by atoms with Crippen LogP contribution in [0.5, 0.6) is 0 Å². The summed E-state index contributed by atoms with van der Waals surface area (Å²) in [6, 6.07) is 11.9. The first-order valence-electron chi connectivity index (χ1n) is 10.3. The van der Waals surface area contributed by atoms with Gasteiger partial charge in [-0.05, 0) is 0 Å². The number of thiazole rings is 1. The number of furan rings is 1. The van der Waals surface area contributed by atoms with Crippen LogP contribution in [0.15, 0.2) is 47.0 Å². The molecule has 0 aliphatic heterocycles. The molecule has 0 fully saturated rings. The van der Waals surface area contributed by atoms with Gasteiger partial charge in [0.15, 0.2) is 0 Å². The number of pyridine rings is 1. The number of hydrogen-bond acceptors (Lipinski definition) is 3. The zero-order chi connectivity index (χ0) is 23.0. The average molecular weight is 516 g/mol. The van der Waals surface area contributed by atoms with Gasteiger partial charge >= 0.3 is 177 Å². The Balaban J connectivity index is 1.81. The van der Waals surface area contributed by atoms with E-state index >= 15 is 0 Å². The van der Waals surface area contributed by atoms with E-state index in [4.69, 9.17) is 4.42 Å². The molecule has 0 N–H and O–H groups in total. The van der Waals surface area contributed by atoms with Gasteiger partial charge in [0.2, 0.25) is 0 Å². The van der Waals surface area contributed by atoms with Crippen molar-refractivity contribution in [3.63, 3.8) is 0 Å². The minimum atomic E-state index is -4.48. The second kappa shape index (κ2) is 7.05. The van der Waals surface area contributed by atoms with Crippen molar-refractivity contribution >= 4 is 61.2 Å². The van der Waals surface area contributed by atoms with E-state index in [0.717, 1.165) is 27.6 Å². The summed E-state index contributed by atoms with van der Waals surface area (Å²) in [7, 11) is 2.03. The van der Waals surface area contributed by atoms with Gasteiger partial charge < -0.3 is 0 Å². The van der Waals surface area contributed by atoms with Crippen LogP contribution in [0.25, 0.3) is 43.4 Å². The van der Waals surface area contributed by atoms with Gasteiger partial charge in [0.1, 0.15) is 0 Å².